The second kappa shape index (κ2) is 5.89. The van der Waals surface area contributed by atoms with Gasteiger partial charge in [-0.1, -0.05) is 22.9 Å². The Bertz CT molecular complexity index is 379. The molecule has 0 radical (unpaired) electrons. The van der Waals surface area contributed by atoms with Crippen LogP contribution in [0.1, 0.15) is 30.6 Å². The van der Waals surface area contributed by atoms with E-state index in [1.807, 2.05) is 19.9 Å². The van der Waals surface area contributed by atoms with Gasteiger partial charge in [0.1, 0.15) is 5.75 Å². The summed E-state index contributed by atoms with van der Waals surface area (Å²) in [5.41, 5.74) is 0.553. The number of halogens is 1. The first-order valence-corrected chi connectivity index (χ1v) is 6.02. The lowest BCUT2D eigenvalue weighted by Crippen LogP contribution is -2.32. The molecule has 1 atom stereocenters. The maximum atomic E-state index is 11.9. The van der Waals surface area contributed by atoms with Gasteiger partial charge in [0.2, 0.25) is 0 Å². The van der Waals surface area contributed by atoms with E-state index >= 15 is 0 Å². The molecule has 0 saturated heterocycles. The monoisotopic (exact) mass is 285 g/mol. The van der Waals surface area contributed by atoms with E-state index in [0.717, 1.165) is 10.9 Å². The van der Waals surface area contributed by atoms with Gasteiger partial charge in [0.25, 0.3) is 5.91 Å². The molecule has 1 unspecified atom stereocenters. The standard InChI is InChI=1S/C12H16BrNO2/c1-4-8(2)14-12(15)10-7-9(13)5-6-11(10)16-3/h5-8H,4H2,1-3H3,(H,14,15). The SMILES string of the molecule is CCC(C)NC(=O)c1cc(Br)ccc1OC. The molecule has 0 aliphatic rings. The van der Waals surface area contributed by atoms with Crippen molar-refractivity contribution in [2.75, 3.05) is 7.11 Å². The minimum absolute atomic E-state index is 0.104. The van der Waals surface area contributed by atoms with Crippen molar-refractivity contribution >= 4 is 21.8 Å². The Morgan fingerprint density at radius 2 is 2.25 bits per heavy atom. The van der Waals surface area contributed by atoms with Crippen LogP contribution in [-0.2, 0) is 0 Å². The summed E-state index contributed by atoms with van der Waals surface area (Å²) in [6.45, 7) is 4.01. The highest BCUT2D eigenvalue weighted by molar-refractivity contribution is 9.10. The number of hydrogen-bond donors (Lipinski definition) is 1. The molecule has 1 rings (SSSR count). The van der Waals surface area contributed by atoms with Crippen molar-refractivity contribution in [3.63, 3.8) is 0 Å². The van der Waals surface area contributed by atoms with Crippen molar-refractivity contribution in [3.05, 3.63) is 28.2 Å². The average molecular weight is 286 g/mol. The van der Waals surface area contributed by atoms with Crippen LogP contribution in [-0.4, -0.2) is 19.1 Å². The first-order chi connectivity index (χ1) is 7.58. The van der Waals surface area contributed by atoms with Crippen LogP contribution >= 0.6 is 15.9 Å². The number of rotatable bonds is 4. The minimum atomic E-state index is -0.104. The lowest BCUT2D eigenvalue weighted by atomic mass is 10.1. The average Bonchev–Trinajstić information content (AvgIpc) is 2.28. The lowest BCUT2D eigenvalue weighted by Gasteiger charge is -2.13. The van der Waals surface area contributed by atoms with Crippen molar-refractivity contribution in [2.45, 2.75) is 26.3 Å². The summed E-state index contributed by atoms with van der Waals surface area (Å²) >= 11 is 3.34. The van der Waals surface area contributed by atoms with Gasteiger partial charge in [-0.05, 0) is 31.5 Å². The first-order valence-electron chi connectivity index (χ1n) is 5.22. The number of carbonyl (C=O) groups excluding carboxylic acids is 1. The van der Waals surface area contributed by atoms with Gasteiger partial charge in [-0.3, -0.25) is 4.79 Å². The van der Waals surface area contributed by atoms with Gasteiger partial charge < -0.3 is 10.1 Å². The zero-order chi connectivity index (χ0) is 12.1. The van der Waals surface area contributed by atoms with E-state index in [4.69, 9.17) is 4.74 Å². The summed E-state index contributed by atoms with van der Waals surface area (Å²) in [4.78, 5) is 11.9. The molecule has 0 aliphatic heterocycles. The topological polar surface area (TPSA) is 38.3 Å². The molecule has 1 aromatic carbocycles. The lowest BCUT2D eigenvalue weighted by molar-refractivity contribution is 0.0936. The van der Waals surface area contributed by atoms with Crippen LogP contribution in [0, 0.1) is 0 Å². The molecule has 1 amide bonds. The fourth-order valence-corrected chi connectivity index (χ4v) is 1.62. The highest BCUT2D eigenvalue weighted by Gasteiger charge is 2.14. The maximum absolute atomic E-state index is 11.9. The zero-order valence-electron chi connectivity index (χ0n) is 9.71. The van der Waals surface area contributed by atoms with E-state index in [2.05, 4.69) is 21.2 Å². The largest absolute Gasteiger partial charge is 0.496 e. The van der Waals surface area contributed by atoms with Gasteiger partial charge in [0.15, 0.2) is 0 Å². The van der Waals surface area contributed by atoms with Crippen molar-refractivity contribution in [1.82, 2.24) is 5.32 Å². The highest BCUT2D eigenvalue weighted by Crippen LogP contribution is 2.22. The summed E-state index contributed by atoms with van der Waals surface area (Å²) in [6, 6.07) is 5.54. The van der Waals surface area contributed by atoms with Crippen LogP contribution in [0.15, 0.2) is 22.7 Å². The van der Waals surface area contributed by atoms with Crippen LogP contribution < -0.4 is 10.1 Å². The molecule has 0 aromatic heterocycles. The number of ether oxygens (including phenoxy) is 1. The van der Waals surface area contributed by atoms with Gasteiger partial charge in [0.05, 0.1) is 12.7 Å². The molecular weight excluding hydrogens is 270 g/mol. The second-order valence-corrected chi connectivity index (χ2v) is 4.54. The third kappa shape index (κ3) is 3.23. The third-order valence-electron chi connectivity index (χ3n) is 2.40. The third-order valence-corrected chi connectivity index (χ3v) is 2.89. The van der Waals surface area contributed by atoms with Crippen LogP contribution in [0.5, 0.6) is 5.75 Å². The first kappa shape index (κ1) is 13.0. The smallest absolute Gasteiger partial charge is 0.255 e. The van der Waals surface area contributed by atoms with Gasteiger partial charge in [0, 0.05) is 10.5 Å². The minimum Gasteiger partial charge on any atom is -0.496 e. The Kier molecular flexibility index (Phi) is 4.80. The fourth-order valence-electron chi connectivity index (χ4n) is 1.26. The molecule has 88 valence electrons. The summed E-state index contributed by atoms with van der Waals surface area (Å²) in [5, 5.41) is 2.91. The summed E-state index contributed by atoms with van der Waals surface area (Å²) in [6.07, 6.45) is 0.905. The second-order valence-electron chi connectivity index (χ2n) is 3.63. The van der Waals surface area contributed by atoms with Crippen molar-refractivity contribution < 1.29 is 9.53 Å². The molecule has 4 heteroatoms. The van der Waals surface area contributed by atoms with Gasteiger partial charge in [-0.25, -0.2) is 0 Å². The van der Waals surface area contributed by atoms with Crippen molar-refractivity contribution in [2.24, 2.45) is 0 Å². The molecule has 0 fully saturated rings. The summed E-state index contributed by atoms with van der Waals surface area (Å²) in [7, 11) is 1.56. The van der Waals surface area contributed by atoms with Gasteiger partial charge >= 0.3 is 0 Å². The van der Waals surface area contributed by atoms with Crippen LogP contribution in [0.25, 0.3) is 0 Å². The number of amides is 1. The van der Waals surface area contributed by atoms with E-state index in [9.17, 15) is 4.79 Å². The Labute approximate surface area is 104 Å². The zero-order valence-corrected chi connectivity index (χ0v) is 11.3. The predicted octanol–water partition coefficient (Wildman–Crippen LogP) is 2.99. The van der Waals surface area contributed by atoms with Crippen molar-refractivity contribution in [1.29, 1.82) is 0 Å². The van der Waals surface area contributed by atoms with Gasteiger partial charge in [-0.2, -0.15) is 0 Å². The van der Waals surface area contributed by atoms with E-state index < -0.39 is 0 Å². The number of benzene rings is 1. The molecule has 0 saturated carbocycles. The van der Waals surface area contributed by atoms with Crippen LogP contribution in [0.4, 0.5) is 0 Å². The van der Waals surface area contributed by atoms with E-state index in [1.54, 1.807) is 19.2 Å². The van der Waals surface area contributed by atoms with E-state index in [0.29, 0.717) is 11.3 Å². The number of methoxy groups -OCH3 is 1. The summed E-state index contributed by atoms with van der Waals surface area (Å²) in [5.74, 6) is 0.483. The predicted molar refractivity (Wildman–Crippen MR) is 67.9 cm³/mol. The molecule has 0 heterocycles. The molecular formula is C12H16BrNO2. The Morgan fingerprint density at radius 1 is 1.56 bits per heavy atom. The molecule has 3 nitrogen and oxygen atoms in total. The normalized spacial score (nSPS) is 12.0. The quantitative estimate of drug-likeness (QED) is 0.924. The maximum Gasteiger partial charge on any atom is 0.255 e. The highest BCUT2D eigenvalue weighted by atomic mass is 79.9. The number of hydrogen-bond acceptors (Lipinski definition) is 2. The van der Waals surface area contributed by atoms with Crippen LogP contribution in [0.2, 0.25) is 0 Å². The fraction of sp³-hybridized carbons (Fsp3) is 0.417. The van der Waals surface area contributed by atoms with Gasteiger partial charge in [-0.15, -0.1) is 0 Å². The Morgan fingerprint density at radius 3 is 2.81 bits per heavy atom. The van der Waals surface area contributed by atoms with Crippen molar-refractivity contribution in [3.8, 4) is 5.75 Å². The Balaban J connectivity index is 2.93. The van der Waals surface area contributed by atoms with E-state index in [-0.39, 0.29) is 11.9 Å². The molecule has 0 bridgehead atoms. The number of nitrogens with one attached hydrogen (secondary N) is 1. The van der Waals surface area contributed by atoms with E-state index in [1.165, 1.54) is 0 Å². The molecule has 16 heavy (non-hydrogen) atoms. The molecule has 0 aliphatic carbocycles. The Hall–Kier alpha value is -1.03. The van der Waals surface area contributed by atoms with Crippen LogP contribution in [0.3, 0.4) is 0 Å². The molecule has 1 N–H and O–H groups in total. The number of carbonyl (C=O) groups is 1. The molecule has 0 spiro atoms. The molecule has 1 aromatic rings. The summed E-state index contributed by atoms with van der Waals surface area (Å²) < 4.78 is 6.02.